The maximum Gasteiger partial charge on any atom is 0.0299 e. The van der Waals surface area contributed by atoms with Crippen molar-refractivity contribution in [2.24, 2.45) is 11.8 Å². The second-order valence-electron chi connectivity index (χ2n) is 4.63. The molecule has 0 aromatic carbocycles. The van der Waals surface area contributed by atoms with Crippen molar-refractivity contribution in [3.63, 3.8) is 0 Å². The molecule has 0 aliphatic heterocycles. The molecule has 1 unspecified atom stereocenters. The van der Waals surface area contributed by atoms with E-state index in [4.69, 9.17) is 0 Å². The Labute approximate surface area is 82.6 Å². The highest BCUT2D eigenvalue weighted by atomic mass is 14.9. The van der Waals surface area contributed by atoms with Crippen molar-refractivity contribution in [2.45, 2.75) is 45.6 Å². The molecular weight excluding hydrogens is 158 g/mol. The number of likely N-dealkylation sites (N-methyl/N-ethyl adjacent to an activating group) is 1. The van der Waals surface area contributed by atoms with E-state index in [-0.39, 0.29) is 0 Å². The third-order valence-electron chi connectivity index (χ3n) is 3.37. The first kappa shape index (κ1) is 10.8. The zero-order valence-electron chi connectivity index (χ0n) is 9.27. The van der Waals surface area contributed by atoms with Crippen LogP contribution in [0.4, 0.5) is 0 Å². The Morgan fingerprint density at radius 2 is 1.85 bits per heavy atom. The molecule has 0 saturated heterocycles. The lowest BCUT2D eigenvalue weighted by Crippen LogP contribution is -2.36. The molecular formula is C12H23N. The van der Waals surface area contributed by atoms with E-state index in [1.165, 1.54) is 31.3 Å². The fourth-order valence-corrected chi connectivity index (χ4v) is 2.50. The van der Waals surface area contributed by atoms with Crippen LogP contribution in [0.25, 0.3) is 0 Å². The summed E-state index contributed by atoms with van der Waals surface area (Å²) in [5, 5.41) is 3.39. The van der Waals surface area contributed by atoms with Crippen molar-refractivity contribution in [1.29, 1.82) is 0 Å². The normalized spacial score (nSPS) is 31.3. The molecule has 0 radical (unpaired) electrons. The lowest BCUT2D eigenvalue weighted by molar-refractivity contribution is 0.253. The van der Waals surface area contributed by atoms with Crippen molar-refractivity contribution < 1.29 is 0 Å². The average molecular weight is 181 g/mol. The summed E-state index contributed by atoms with van der Waals surface area (Å²) in [5.74, 6) is 1.78. The summed E-state index contributed by atoms with van der Waals surface area (Å²) in [4.78, 5) is 0. The minimum atomic E-state index is 0.549. The van der Waals surface area contributed by atoms with Crippen LogP contribution in [0.5, 0.6) is 0 Å². The molecule has 1 N–H and O–H groups in total. The zero-order valence-corrected chi connectivity index (χ0v) is 9.27. The molecule has 1 fully saturated rings. The molecule has 0 amide bonds. The van der Waals surface area contributed by atoms with Gasteiger partial charge in [-0.25, -0.2) is 0 Å². The summed E-state index contributed by atoms with van der Waals surface area (Å²) in [7, 11) is 2.05. The van der Waals surface area contributed by atoms with Crippen LogP contribution in [-0.2, 0) is 0 Å². The van der Waals surface area contributed by atoms with Gasteiger partial charge in [0.25, 0.3) is 0 Å². The number of nitrogens with one attached hydrogen (secondary N) is 1. The smallest absolute Gasteiger partial charge is 0.0299 e. The quantitative estimate of drug-likeness (QED) is 0.660. The lowest BCUT2D eigenvalue weighted by Gasteiger charge is -2.32. The standard InChI is InChI=1S/C12H23N/c1-9(2)12(13-4)11-7-5-10(3)6-8-11/h10-13H,1,5-8H2,2-4H3. The first-order chi connectivity index (χ1) is 6.15. The Morgan fingerprint density at radius 3 is 2.23 bits per heavy atom. The van der Waals surface area contributed by atoms with E-state index in [0.717, 1.165) is 11.8 Å². The number of hydrogen-bond donors (Lipinski definition) is 1. The number of hydrogen-bond acceptors (Lipinski definition) is 1. The van der Waals surface area contributed by atoms with Gasteiger partial charge in [0.05, 0.1) is 0 Å². The molecule has 13 heavy (non-hydrogen) atoms. The van der Waals surface area contributed by atoms with Crippen LogP contribution in [0.2, 0.25) is 0 Å². The molecule has 1 atom stereocenters. The van der Waals surface area contributed by atoms with Gasteiger partial charge < -0.3 is 5.32 Å². The highest BCUT2D eigenvalue weighted by molar-refractivity contribution is 5.04. The molecule has 0 heterocycles. The van der Waals surface area contributed by atoms with Crippen molar-refractivity contribution in [1.82, 2.24) is 5.32 Å². The second-order valence-corrected chi connectivity index (χ2v) is 4.63. The first-order valence-electron chi connectivity index (χ1n) is 5.47. The fraction of sp³-hybridized carbons (Fsp3) is 0.833. The van der Waals surface area contributed by atoms with E-state index in [2.05, 4.69) is 32.8 Å². The van der Waals surface area contributed by atoms with Gasteiger partial charge >= 0.3 is 0 Å². The molecule has 0 bridgehead atoms. The molecule has 1 saturated carbocycles. The maximum atomic E-state index is 4.06. The van der Waals surface area contributed by atoms with Gasteiger partial charge in [-0.05, 0) is 38.6 Å². The maximum absolute atomic E-state index is 4.06. The Morgan fingerprint density at radius 1 is 1.31 bits per heavy atom. The Kier molecular flexibility index (Phi) is 3.98. The zero-order chi connectivity index (χ0) is 9.84. The van der Waals surface area contributed by atoms with Crippen LogP contribution in [0.15, 0.2) is 12.2 Å². The third-order valence-corrected chi connectivity index (χ3v) is 3.37. The monoisotopic (exact) mass is 181 g/mol. The summed E-state index contributed by atoms with van der Waals surface area (Å²) in [6.07, 6.45) is 5.55. The van der Waals surface area contributed by atoms with Gasteiger partial charge in [0.1, 0.15) is 0 Å². The van der Waals surface area contributed by atoms with Gasteiger partial charge in [-0.15, -0.1) is 0 Å². The van der Waals surface area contributed by atoms with Crippen LogP contribution in [-0.4, -0.2) is 13.1 Å². The van der Waals surface area contributed by atoms with E-state index in [9.17, 15) is 0 Å². The van der Waals surface area contributed by atoms with Crippen LogP contribution >= 0.6 is 0 Å². The van der Waals surface area contributed by atoms with Gasteiger partial charge in [-0.1, -0.05) is 31.9 Å². The third kappa shape index (κ3) is 2.84. The van der Waals surface area contributed by atoms with Gasteiger partial charge in [0.2, 0.25) is 0 Å². The SMILES string of the molecule is C=C(C)C(NC)C1CCC(C)CC1. The molecule has 0 aromatic rings. The minimum Gasteiger partial charge on any atom is -0.313 e. The number of rotatable bonds is 3. The fourth-order valence-electron chi connectivity index (χ4n) is 2.50. The predicted octanol–water partition coefficient (Wildman–Crippen LogP) is 2.98. The van der Waals surface area contributed by atoms with Crippen molar-refractivity contribution in [3.05, 3.63) is 12.2 Å². The van der Waals surface area contributed by atoms with Crippen molar-refractivity contribution >= 4 is 0 Å². The lowest BCUT2D eigenvalue weighted by atomic mass is 9.78. The van der Waals surface area contributed by atoms with Gasteiger partial charge in [0.15, 0.2) is 0 Å². The van der Waals surface area contributed by atoms with E-state index >= 15 is 0 Å². The molecule has 0 aromatic heterocycles. The summed E-state index contributed by atoms with van der Waals surface area (Å²) >= 11 is 0. The summed E-state index contributed by atoms with van der Waals surface area (Å²) in [5.41, 5.74) is 1.29. The molecule has 76 valence electrons. The first-order valence-corrected chi connectivity index (χ1v) is 5.47. The summed E-state index contributed by atoms with van der Waals surface area (Å²) < 4.78 is 0. The topological polar surface area (TPSA) is 12.0 Å². The van der Waals surface area contributed by atoms with Crippen LogP contribution in [0.3, 0.4) is 0 Å². The Hall–Kier alpha value is -0.300. The Balaban J connectivity index is 2.46. The van der Waals surface area contributed by atoms with Gasteiger partial charge in [-0.3, -0.25) is 0 Å². The van der Waals surface area contributed by atoms with Gasteiger partial charge in [0, 0.05) is 6.04 Å². The second kappa shape index (κ2) is 4.80. The van der Waals surface area contributed by atoms with E-state index < -0.39 is 0 Å². The molecule has 1 heteroatoms. The molecule has 0 spiro atoms. The average Bonchev–Trinajstić information content (AvgIpc) is 2.09. The minimum absolute atomic E-state index is 0.549. The van der Waals surface area contributed by atoms with Crippen LogP contribution in [0.1, 0.15) is 39.5 Å². The molecule has 1 aliphatic carbocycles. The van der Waals surface area contributed by atoms with E-state index in [1.54, 1.807) is 0 Å². The Bertz CT molecular complexity index is 166. The largest absolute Gasteiger partial charge is 0.313 e. The highest BCUT2D eigenvalue weighted by Crippen LogP contribution is 2.31. The molecule has 1 aliphatic rings. The molecule has 1 rings (SSSR count). The van der Waals surface area contributed by atoms with Gasteiger partial charge in [-0.2, -0.15) is 0 Å². The predicted molar refractivity (Wildman–Crippen MR) is 58.8 cm³/mol. The summed E-state index contributed by atoms with van der Waals surface area (Å²) in [6.45, 7) is 8.56. The van der Waals surface area contributed by atoms with E-state index in [1.807, 2.05) is 0 Å². The van der Waals surface area contributed by atoms with Crippen molar-refractivity contribution in [2.75, 3.05) is 7.05 Å². The van der Waals surface area contributed by atoms with Crippen molar-refractivity contribution in [3.8, 4) is 0 Å². The van der Waals surface area contributed by atoms with E-state index in [0.29, 0.717) is 6.04 Å². The highest BCUT2D eigenvalue weighted by Gasteiger charge is 2.25. The summed E-state index contributed by atoms with van der Waals surface area (Å²) in [6, 6.07) is 0.549. The van der Waals surface area contributed by atoms with Crippen LogP contribution < -0.4 is 5.32 Å². The molecule has 1 nitrogen and oxygen atoms in total. The van der Waals surface area contributed by atoms with Crippen LogP contribution in [0, 0.1) is 11.8 Å².